The fourth-order valence-electron chi connectivity index (χ4n) is 2.21. The summed E-state index contributed by atoms with van der Waals surface area (Å²) in [6.45, 7) is 3.22. The van der Waals surface area contributed by atoms with Gasteiger partial charge in [0.25, 0.3) is 0 Å². The Labute approximate surface area is 142 Å². The van der Waals surface area contributed by atoms with Gasteiger partial charge in [-0.3, -0.25) is 9.89 Å². The van der Waals surface area contributed by atoms with Gasteiger partial charge < -0.3 is 10.3 Å². The van der Waals surface area contributed by atoms with Gasteiger partial charge in [-0.05, 0) is 19.1 Å². The SMILES string of the molecule is Cc1nc(SCCNCc2cc(=O)c3cccc(Cl)c3[nH]2)n[nH]1. The molecule has 1 aromatic carbocycles. The number of para-hydroxylation sites is 1. The largest absolute Gasteiger partial charge is 0.356 e. The van der Waals surface area contributed by atoms with Crippen molar-refractivity contribution in [1.29, 1.82) is 0 Å². The van der Waals surface area contributed by atoms with Crippen LogP contribution in [0.15, 0.2) is 34.2 Å². The summed E-state index contributed by atoms with van der Waals surface area (Å²) in [6.07, 6.45) is 0. The molecular weight excluding hydrogens is 334 g/mol. The molecule has 0 radical (unpaired) electrons. The number of aromatic amines is 2. The van der Waals surface area contributed by atoms with Gasteiger partial charge in [-0.25, -0.2) is 4.98 Å². The number of hydrogen-bond donors (Lipinski definition) is 3. The van der Waals surface area contributed by atoms with Crippen LogP contribution in [0.3, 0.4) is 0 Å². The van der Waals surface area contributed by atoms with Crippen molar-refractivity contribution in [3.8, 4) is 0 Å². The zero-order valence-electron chi connectivity index (χ0n) is 12.5. The Morgan fingerprint density at radius 1 is 1.39 bits per heavy atom. The summed E-state index contributed by atoms with van der Waals surface area (Å²) in [4.78, 5) is 19.5. The molecule has 0 aliphatic rings. The molecule has 0 unspecified atom stereocenters. The number of H-pyrrole nitrogens is 2. The Morgan fingerprint density at radius 3 is 3.04 bits per heavy atom. The zero-order valence-corrected chi connectivity index (χ0v) is 14.1. The lowest BCUT2D eigenvalue weighted by atomic mass is 10.2. The second-order valence-electron chi connectivity index (χ2n) is 5.05. The predicted molar refractivity (Wildman–Crippen MR) is 93.1 cm³/mol. The number of aryl methyl sites for hydroxylation is 1. The van der Waals surface area contributed by atoms with E-state index in [1.54, 1.807) is 36.0 Å². The molecule has 2 aromatic heterocycles. The zero-order chi connectivity index (χ0) is 16.2. The Morgan fingerprint density at radius 2 is 2.26 bits per heavy atom. The van der Waals surface area contributed by atoms with Gasteiger partial charge in [0.2, 0.25) is 5.16 Å². The van der Waals surface area contributed by atoms with E-state index in [-0.39, 0.29) is 5.43 Å². The predicted octanol–water partition coefficient (Wildman–Crippen LogP) is 2.49. The first-order valence-corrected chi connectivity index (χ1v) is 8.53. The van der Waals surface area contributed by atoms with Crippen molar-refractivity contribution in [2.75, 3.05) is 12.3 Å². The standard InChI is InChI=1S/C15H16ClN5OS/c1-9-18-15(21-20-9)23-6-5-17-8-10-7-13(22)11-3-2-4-12(16)14(11)19-10/h2-4,7,17H,5-6,8H2,1H3,(H,19,22)(H,18,20,21). The van der Waals surface area contributed by atoms with Gasteiger partial charge in [0.1, 0.15) is 5.82 Å². The molecule has 0 aliphatic heterocycles. The molecule has 0 fully saturated rings. The number of halogens is 1. The molecule has 0 bridgehead atoms. The normalized spacial score (nSPS) is 11.2. The summed E-state index contributed by atoms with van der Waals surface area (Å²) in [6, 6.07) is 6.93. The van der Waals surface area contributed by atoms with Gasteiger partial charge in [0.15, 0.2) is 5.43 Å². The van der Waals surface area contributed by atoms with E-state index in [0.717, 1.165) is 29.0 Å². The average molecular weight is 350 g/mol. The van der Waals surface area contributed by atoms with E-state index >= 15 is 0 Å². The van der Waals surface area contributed by atoms with Crippen LogP contribution < -0.4 is 10.7 Å². The number of aromatic nitrogens is 4. The minimum absolute atomic E-state index is 0.0244. The first-order chi connectivity index (χ1) is 11.1. The first kappa shape index (κ1) is 16.0. The summed E-state index contributed by atoms with van der Waals surface area (Å²) in [5.74, 6) is 1.65. The highest BCUT2D eigenvalue weighted by atomic mass is 35.5. The van der Waals surface area contributed by atoms with Crippen molar-refractivity contribution in [1.82, 2.24) is 25.5 Å². The highest BCUT2D eigenvalue weighted by molar-refractivity contribution is 7.99. The van der Waals surface area contributed by atoms with Gasteiger partial charge >= 0.3 is 0 Å². The molecule has 120 valence electrons. The molecule has 3 rings (SSSR count). The van der Waals surface area contributed by atoms with Crippen molar-refractivity contribution in [3.05, 3.63) is 51.0 Å². The van der Waals surface area contributed by atoms with Crippen LogP contribution in [0.4, 0.5) is 0 Å². The van der Waals surface area contributed by atoms with Crippen LogP contribution in [0.25, 0.3) is 10.9 Å². The third-order valence-electron chi connectivity index (χ3n) is 3.27. The third-order valence-corrected chi connectivity index (χ3v) is 4.44. The molecule has 0 atom stereocenters. The average Bonchev–Trinajstić information content (AvgIpc) is 2.94. The number of fused-ring (bicyclic) bond motifs is 1. The molecule has 23 heavy (non-hydrogen) atoms. The quantitative estimate of drug-likeness (QED) is 0.470. The maximum atomic E-state index is 12.1. The number of nitrogens with one attached hydrogen (secondary N) is 3. The minimum Gasteiger partial charge on any atom is -0.356 e. The van der Waals surface area contributed by atoms with Gasteiger partial charge in [-0.1, -0.05) is 29.4 Å². The van der Waals surface area contributed by atoms with Gasteiger partial charge in [0, 0.05) is 36.0 Å². The molecule has 0 saturated carbocycles. The number of hydrogen-bond acceptors (Lipinski definition) is 5. The van der Waals surface area contributed by atoms with Gasteiger partial charge in [-0.15, -0.1) is 5.10 Å². The summed E-state index contributed by atoms with van der Waals surface area (Å²) in [7, 11) is 0. The van der Waals surface area contributed by atoms with Crippen LogP contribution in [0.1, 0.15) is 11.5 Å². The monoisotopic (exact) mass is 349 g/mol. The van der Waals surface area contributed by atoms with Crippen molar-refractivity contribution >= 4 is 34.3 Å². The van der Waals surface area contributed by atoms with Crippen LogP contribution in [-0.2, 0) is 6.54 Å². The van der Waals surface area contributed by atoms with E-state index in [0.29, 0.717) is 22.5 Å². The number of benzene rings is 1. The lowest BCUT2D eigenvalue weighted by Crippen LogP contribution is -2.19. The Kier molecular flexibility index (Phi) is 5.00. The van der Waals surface area contributed by atoms with E-state index in [1.165, 1.54) is 0 Å². The smallest absolute Gasteiger partial charge is 0.208 e. The highest BCUT2D eigenvalue weighted by Crippen LogP contribution is 2.18. The second-order valence-corrected chi connectivity index (χ2v) is 6.52. The fourth-order valence-corrected chi connectivity index (χ4v) is 3.17. The maximum Gasteiger partial charge on any atom is 0.208 e. The topological polar surface area (TPSA) is 86.5 Å². The van der Waals surface area contributed by atoms with E-state index in [1.807, 2.05) is 6.92 Å². The molecule has 6 nitrogen and oxygen atoms in total. The molecule has 3 aromatic rings. The summed E-state index contributed by atoms with van der Waals surface area (Å²) in [5, 5.41) is 12.1. The van der Waals surface area contributed by atoms with Crippen molar-refractivity contribution in [3.63, 3.8) is 0 Å². The van der Waals surface area contributed by atoms with Crippen LogP contribution >= 0.6 is 23.4 Å². The Balaban J connectivity index is 1.57. The van der Waals surface area contributed by atoms with Crippen molar-refractivity contribution < 1.29 is 0 Å². The van der Waals surface area contributed by atoms with Gasteiger partial charge in [-0.2, -0.15) is 0 Å². The minimum atomic E-state index is -0.0244. The van der Waals surface area contributed by atoms with E-state index in [2.05, 4.69) is 25.5 Å². The lowest BCUT2D eigenvalue weighted by Gasteiger charge is -2.07. The summed E-state index contributed by atoms with van der Waals surface area (Å²) < 4.78 is 0. The molecule has 0 amide bonds. The maximum absolute atomic E-state index is 12.1. The van der Waals surface area contributed by atoms with E-state index in [9.17, 15) is 4.79 Å². The van der Waals surface area contributed by atoms with Gasteiger partial charge in [0.05, 0.1) is 10.5 Å². The van der Waals surface area contributed by atoms with Crippen molar-refractivity contribution in [2.24, 2.45) is 0 Å². The first-order valence-electron chi connectivity index (χ1n) is 7.16. The highest BCUT2D eigenvalue weighted by Gasteiger charge is 2.05. The van der Waals surface area contributed by atoms with E-state index in [4.69, 9.17) is 11.6 Å². The second kappa shape index (κ2) is 7.16. The van der Waals surface area contributed by atoms with Crippen LogP contribution in [0.2, 0.25) is 5.02 Å². The van der Waals surface area contributed by atoms with E-state index < -0.39 is 0 Å². The number of rotatable bonds is 6. The molecule has 0 saturated heterocycles. The molecule has 0 aliphatic carbocycles. The molecule has 0 spiro atoms. The third kappa shape index (κ3) is 3.93. The number of nitrogens with zero attached hydrogens (tertiary/aromatic N) is 2. The van der Waals surface area contributed by atoms with Crippen LogP contribution in [0, 0.1) is 6.92 Å². The summed E-state index contributed by atoms with van der Waals surface area (Å²) in [5.41, 5.74) is 1.47. The van der Waals surface area contributed by atoms with Crippen LogP contribution in [-0.4, -0.2) is 32.5 Å². The lowest BCUT2D eigenvalue weighted by molar-refractivity contribution is 0.717. The number of thioether (sulfide) groups is 1. The molecule has 3 N–H and O–H groups in total. The summed E-state index contributed by atoms with van der Waals surface area (Å²) >= 11 is 7.72. The van der Waals surface area contributed by atoms with Crippen LogP contribution in [0.5, 0.6) is 0 Å². The fraction of sp³-hybridized carbons (Fsp3) is 0.267. The molecular formula is C15H16ClN5OS. The number of pyridine rings is 1. The van der Waals surface area contributed by atoms with Crippen molar-refractivity contribution in [2.45, 2.75) is 18.6 Å². The molecule has 2 heterocycles. The molecule has 8 heteroatoms. The Hall–Kier alpha value is -1.83. The Bertz CT molecular complexity index is 876.